The molecule has 1 fully saturated rings. The van der Waals surface area contributed by atoms with Crippen LogP contribution in [0.2, 0.25) is 0 Å². The number of hydrogen-bond donors (Lipinski definition) is 2. The van der Waals surface area contributed by atoms with Crippen molar-refractivity contribution in [1.29, 1.82) is 0 Å². The summed E-state index contributed by atoms with van der Waals surface area (Å²) in [5.41, 5.74) is -0.251. The lowest BCUT2D eigenvalue weighted by molar-refractivity contribution is 0.129. The number of nitrogens with one attached hydrogen (secondary N) is 2. The van der Waals surface area contributed by atoms with Gasteiger partial charge in [0.15, 0.2) is 0 Å². The summed E-state index contributed by atoms with van der Waals surface area (Å²) >= 11 is 0. The number of aromatic amines is 2. The Labute approximate surface area is 109 Å². The minimum absolute atomic E-state index is 0.143. The van der Waals surface area contributed by atoms with Gasteiger partial charge in [0.1, 0.15) is 18.0 Å². The fourth-order valence-corrected chi connectivity index (χ4v) is 2.58. The maximum Gasteiger partial charge on any atom is 0.340 e. The van der Waals surface area contributed by atoms with Crippen molar-refractivity contribution >= 4 is 0 Å². The van der Waals surface area contributed by atoms with Gasteiger partial charge < -0.3 is 0 Å². The Bertz CT molecular complexity index is 598. The van der Waals surface area contributed by atoms with Crippen molar-refractivity contribution in [2.75, 3.05) is 6.54 Å². The van der Waals surface area contributed by atoms with Gasteiger partial charge in [0, 0.05) is 7.05 Å². The van der Waals surface area contributed by atoms with E-state index in [1.165, 1.54) is 0 Å². The summed E-state index contributed by atoms with van der Waals surface area (Å²) in [5.74, 6) is 1.64. The zero-order valence-corrected chi connectivity index (χ0v) is 10.8. The van der Waals surface area contributed by atoms with Gasteiger partial charge in [0.05, 0.1) is 12.6 Å². The summed E-state index contributed by atoms with van der Waals surface area (Å²) in [6.07, 6.45) is 4.86. The van der Waals surface area contributed by atoms with Crippen LogP contribution >= 0.6 is 0 Å². The zero-order valence-electron chi connectivity index (χ0n) is 10.8. The van der Waals surface area contributed by atoms with Crippen LogP contribution in [0.5, 0.6) is 0 Å². The van der Waals surface area contributed by atoms with Crippen LogP contribution in [0.4, 0.5) is 0 Å². The molecule has 1 unspecified atom stereocenters. The van der Waals surface area contributed by atoms with Gasteiger partial charge in [-0.3, -0.25) is 14.6 Å². The van der Waals surface area contributed by atoms with E-state index in [4.69, 9.17) is 0 Å². The average Bonchev–Trinajstić information content (AvgIpc) is 3.00. The van der Waals surface area contributed by atoms with Crippen LogP contribution in [-0.4, -0.2) is 41.4 Å². The standard InChI is InChI=1S/C11H17N7O/c1-17-9(12-7-13-17)6-18-5-3-2-4-8(18)10-14-11(19)16-15-10/h7-8H,2-6H2,1H3,(H2,14,15,16,19). The van der Waals surface area contributed by atoms with Gasteiger partial charge in [0.2, 0.25) is 0 Å². The van der Waals surface area contributed by atoms with Crippen molar-refractivity contribution in [2.24, 2.45) is 7.05 Å². The van der Waals surface area contributed by atoms with Gasteiger partial charge in [-0.2, -0.15) is 10.2 Å². The summed E-state index contributed by atoms with van der Waals surface area (Å²) in [6, 6.07) is 0.143. The largest absolute Gasteiger partial charge is 0.340 e. The van der Waals surface area contributed by atoms with Crippen LogP contribution in [0.15, 0.2) is 11.1 Å². The highest BCUT2D eigenvalue weighted by Crippen LogP contribution is 2.29. The molecule has 2 N–H and O–H groups in total. The number of aryl methyl sites for hydroxylation is 1. The molecule has 0 spiro atoms. The van der Waals surface area contributed by atoms with E-state index in [1.807, 2.05) is 7.05 Å². The first-order valence-electron chi connectivity index (χ1n) is 6.45. The summed E-state index contributed by atoms with van der Waals surface area (Å²) in [6.45, 7) is 1.70. The lowest BCUT2D eigenvalue weighted by Gasteiger charge is -2.33. The third kappa shape index (κ3) is 2.43. The lowest BCUT2D eigenvalue weighted by Crippen LogP contribution is -2.34. The van der Waals surface area contributed by atoms with E-state index in [0.29, 0.717) is 5.82 Å². The molecule has 0 aliphatic carbocycles. The molecule has 1 aliphatic rings. The fraction of sp³-hybridized carbons (Fsp3) is 0.636. The Kier molecular flexibility index (Phi) is 3.16. The maximum absolute atomic E-state index is 11.2. The summed E-state index contributed by atoms with van der Waals surface area (Å²) < 4.78 is 1.78. The highest BCUT2D eigenvalue weighted by molar-refractivity contribution is 4.97. The summed E-state index contributed by atoms with van der Waals surface area (Å²) in [7, 11) is 1.89. The van der Waals surface area contributed by atoms with E-state index < -0.39 is 0 Å². The highest BCUT2D eigenvalue weighted by Gasteiger charge is 2.27. The predicted octanol–water partition coefficient (Wildman–Crippen LogP) is -0.0463. The SMILES string of the molecule is Cn1ncnc1CN1CCCCC1c1n[nH]c(=O)[nH]1. The summed E-state index contributed by atoms with van der Waals surface area (Å²) in [5, 5.41) is 10.6. The highest BCUT2D eigenvalue weighted by atomic mass is 16.1. The monoisotopic (exact) mass is 263 g/mol. The number of aromatic nitrogens is 6. The maximum atomic E-state index is 11.2. The molecule has 3 heterocycles. The summed E-state index contributed by atoms with van der Waals surface area (Å²) in [4.78, 5) is 20.5. The number of rotatable bonds is 3. The molecular formula is C11H17N7O. The van der Waals surface area contributed by atoms with Crippen molar-refractivity contribution in [1.82, 2.24) is 34.8 Å². The molecule has 8 heteroatoms. The van der Waals surface area contributed by atoms with Crippen molar-refractivity contribution < 1.29 is 0 Å². The van der Waals surface area contributed by atoms with E-state index in [-0.39, 0.29) is 11.7 Å². The quantitative estimate of drug-likeness (QED) is 0.809. The van der Waals surface area contributed by atoms with Crippen molar-refractivity contribution in [2.45, 2.75) is 31.8 Å². The molecular weight excluding hydrogens is 246 g/mol. The molecule has 0 radical (unpaired) electrons. The van der Waals surface area contributed by atoms with E-state index >= 15 is 0 Å². The Morgan fingerprint density at radius 3 is 3.05 bits per heavy atom. The van der Waals surface area contributed by atoms with Gasteiger partial charge in [-0.15, -0.1) is 0 Å². The number of piperidine rings is 1. The zero-order chi connectivity index (χ0) is 13.2. The first-order chi connectivity index (χ1) is 9.24. The van der Waals surface area contributed by atoms with E-state index in [0.717, 1.165) is 38.2 Å². The van der Waals surface area contributed by atoms with Crippen molar-refractivity contribution in [3.63, 3.8) is 0 Å². The molecule has 0 amide bonds. The van der Waals surface area contributed by atoms with Crippen LogP contribution in [0, 0.1) is 0 Å². The molecule has 0 aromatic carbocycles. The third-order valence-corrected chi connectivity index (χ3v) is 3.60. The molecule has 2 aromatic rings. The predicted molar refractivity (Wildman–Crippen MR) is 67.2 cm³/mol. The Morgan fingerprint density at radius 2 is 2.37 bits per heavy atom. The first kappa shape index (κ1) is 12.1. The Balaban J connectivity index is 1.81. The van der Waals surface area contributed by atoms with E-state index in [9.17, 15) is 4.79 Å². The molecule has 3 rings (SSSR count). The third-order valence-electron chi connectivity index (χ3n) is 3.60. The molecule has 102 valence electrons. The molecule has 1 saturated heterocycles. The second-order valence-electron chi connectivity index (χ2n) is 4.84. The minimum atomic E-state index is -0.251. The molecule has 8 nitrogen and oxygen atoms in total. The fourth-order valence-electron chi connectivity index (χ4n) is 2.58. The first-order valence-corrected chi connectivity index (χ1v) is 6.45. The number of hydrogen-bond acceptors (Lipinski definition) is 5. The average molecular weight is 263 g/mol. The van der Waals surface area contributed by atoms with E-state index in [2.05, 4.69) is 30.2 Å². The number of likely N-dealkylation sites (tertiary alicyclic amines) is 1. The van der Waals surface area contributed by atoms with Crippen molar-refractivity contribution in [3.05, 3.63) is 28.5 Å². The smallest absolute Gasteiger partial charge is 0.292 e. The van der Waals surface area contributed by atoms with Gasteiger partial charge in [-0.25, -0.2) is 14.9 Å². The molecule has 2 aromatic heterocycles. The van der Waals surface area contributed by atoms with Crippen LogP contribution in [0.1, 0.15) is 37.0 Å². The minimum Gasteiger partial charge on any atom is -0.292 e. The second kappa shape index (κ2) is 4.96. The van der Waals surface area contributed by atoms with Crippen LogP contribution < -0.4 is 5.69 Å². The Hall–Kier alpha value is -1.96. The van der Waals surface area contributed by atoms with Gasteiger partial charge in [0.25, 0.3) is 0 Å². The second-order valence-corrected chi connectivity index (χ2v) is 4.84. The molecule has 0 saturated carbocycles. The van der Waals surface area contributed by atoms with Crippen LogP contribution in [-0.2, 0) is 13.6 Å². The van der Waals surface area contributed by atoms with Crippen LogP contribution in [0.25, 0.3) is 0 Å². The lowest BCUT2D eigenvalue weighted by atomic mass is 10.0. The van der Waals surface area contributed by atoms with Crippen LogP contribution in [0.3, 0.4) is 0 Å². The Morgan fingerprint density at radius 1 is 1.47 bits per heavy atom. The topological polar surface area (TPSA) is 95.5 Å². The van der Waals surface area contributed by atoms with Gasteiger partial charge >= 0.3 is 5.69 Å². The molecule has 1 aliphatic heterocycles. The number of H-pyrrole nitrogens is 2. The number of nitrogens with zero attached hydrogens (tertiary/aromatic N) is 5. The molecule has 0 bridgehead atoms. The van der Waals surface area contributed by atoms with E-state index in [1.54, 1.807) is 11.0 Å². The van der Waals surface area contributed by atoms with Crippen molar-refractivity contribution in [3.8, 4) is 0 Å². The molecule has 19 heavy (non-hydrogen) atoms. The van der Waals surface area contributed by atoms with Gasteiger partial charge in [-0.1, -0.05) is 6.42 Å². The van der Waals surface area contributed by atoms with Gasteiger partial charge in [-0.05, 0) is 19.4 Å². The molecule has 1 atom stereocenters. The normalized spacial score (nSPS) is 20.8.